The highest BCUT2D eigenvalue weighted by atomic mass is 19.4. The lowest BCUT2D eigenvalue weighted by molar-refractivity contribution is -0.144. The van der Waals surface area contributed by atoms with Crippen molar-refractivity contribution in [2.24, 2.45) is 0 Å². The Kier molecular flexibility index (Phi) is 8.37. The van der Waals surface area contributed by atoms with Crippen LogP contribution < -0.4 is 0 Å². The maximum absolute atomic E-state index is 13.9. The van der Waals surface area contributed by atoms with E-state index in [4.69, 9.17) is 4.74 Å². The molecule has 0 aliphatic carbocycles. The third-order valence-electron chi connectivity index (χ3n) is 8.01. The normalized spacial score (nSPS) is 20.3. The van der Waals surface area contributed by atoms with E-state index in [0.717, 1.165) is 11.1 Å². The fourth-order valence-corrected chi connectivity index (χ4v) is 5.46. The minimum Gasteiger partial charge on any atom is -0.378 e. The standard InChI is InChI=1S/C29H33F6N3O3/c1-18-5-7-19(8-6-18)23-16-38(26(40)37-9-11-41-12-10-37)17-24(23)36(4)25(39)27(2,3)20-13-21(28(30,31)32)15-22(14-20)29(33,34)35/h5-8,13-15,23-24H,9-12,16-17H2,1-4H3/t23-,24+/m0/s1. The molecule has 0 aromatic heterocycles. The quantitative estimate of drug-likeness (QED) is 0.434. The fourth-order valence-electron chi connectivity index (χ4n) is 5.46. The molecule has 2 fully saturated rings. The number of likely N-dealkylation sites (tertiary alicyclic amines) is 1. The molecule has 0 saturated carbocycles. The van der Waals surface area contributed by atoms with Gasteiger partial charge in [0.05, 0.1) is 35.8 Å². The smallest absolute Gasteiger partial charge is 0.378 e. The Morgan fingerprint density at radius 3 is 1.85 bits per heavy atom. The van der Waals surface area contributed by atoms with Gasteiger partial charge in [-0.3, -0.25) is 4.79 Å². The van der Waals surface area contributed by atoms with Crippen molar-refractivity contribution in [2.75, 3.05) is 46.4 Å². The molecule has 2 aliphatic rings. The van der Waals surface area contributed by atoms with Crippen LogP contribution in [0.1, 0.15) is 47.6 Å². The number of hydrogen-bond donors (Lipinski definition) is 0. The molecule has 12 heteroatoms. The Bertz CT molecular complexity index is 1240. The number of aryl methyl sites for hydroxylation is 1. The van der Waals surface area contributed by atoms with E-state index in [1.165, 1.54) is 25.8 Å². The number of hydrogen-bond acceptors (Lipinski definition) is 3. The van der Waals surface area contributed by atoms with Crippen LogP contribution >= 0.6 is 0 Å². The second kappa shape index (κ2) is 11.2. The molecule has 3 amide bonds. The Hall–Kier alpha value is -3.28. The summed E-state index contributed by atoms with van der Waals surface area (Å²) in [5, 5.41) is 0. The lowest BCUT2D eigenvalue weighted by atomic mass is 9.80. The van der Waals surface area contributed by atoms with Crippen LogP contribution in [0.2, 0.25) is 0 Å². The van der Waals surface area contributed by atoms with Gasteiger partial charge in [-0.05, 0) is 50.1 Å². The minimum absolute atomic E-state index is 0.0489. The highest BCUT2D eigenvalue weighted by Crippen LogP contribution is 2.40. The van der Waals surface area contributed by atoms with Crippen LogP contribution in [-0.2, 0) is 27.3 Å². The molecule has 41 heavy (non-hydrogen) atoms. The molecular formula is C29H33F6N3O3. The van der Waals surface area contributed by atoms with Gasteiger partial charge >= 0.3 is 18.4 Å². The maximum Gasteiger partial charge on any atom is 0.416 e. The van der Waals surface area contributed by atoms with Crippen LogP contribution in [0, 0.1) is 6.92 Å². The van der Waals surface area contributed by atoms with E-state index in [9.17, 15) is 35.9 Å². The number of alkyl halides is 6. The van der Waals surface area contributed by atoms with Gasteiger partial charge in [-0.1, -0.05) is 29.8 Å². The van der Waals surface area contributed by atoms with Gasteiger partial charge in [-0.25, -0.2) is 4.79 Å². The van der Waals surface area contributed by atoms with Gasteiger partial charge in [0.2, 0.25) is 5.91 Å². The summed E-state index contributed by atoms with van der Waals surface area (Å²) in [6.07, 6.45) is -10.1. The number of benzene rings is 2. The molecule has 2 saturated heterocycles. The molecule has 2 aromatic carbocycles. The highest BCUT2D eigenvalue weighted by Gasteiger charge is 2.46. The molecule has 2 heterocycles. The predicted molar refractivity (Wildman–Crippen MR) is 139 cm³/mol. The van der Waals surface area contributed by atoms with Crippen LogP contribution in [0.4, 0.5) is 31.1 Å². The monoisotopic (exact) mass is 585 g/mol. The predicted octanol–water partition coefficient (Wildman–Crippen LogP) is 5.69. The molecule has 2 aliphatic heterocycles. The number of carbonyl (C=O) groups is 2. The Balaban J connectivity index is 1.68. The van der Waals surface area contributed by atoms with Gasteiger partial charge in [-0.15, -0.1) is 0 Å². The van der Waals surface area contributed by atoms with Gasteiger partial charge < -0.3 is 19.4 Å². The van der Waals surface area contributed by atoms with Gasteiger partial charge in [0.15, 0.2) is 0 Å². The minimum atomic E-state index is -5.04. The van der Waals surface area contributed by atoms with E-state index < -0.39 is 46.4 Å². The van der Waals surface area contributed by atoms with E-state index in [1.54, 1.807) is 9.80 Å². The topological polar surface area (TPSA) is 53.1 Å². The van der Waals surface area contributed by atoms with Crippen LogP contribution in [-0.4, -0.2) is 79.1 Å². The molecule has 6 nitrogen and oxygen atoms in total. The Morgan fingerprint density at radius 2 is 1.34 bits per heavy atom. The van der Waals surface area contributed by atoms with Crippen molar-refractivity contribution < 1.29 is 40.7 Å². The van der Waals surface area contributed by atoms with Crippen molar-refractivity contribution in [3.8, 4) is 0 Å². The molecular weight excluding hydrogens is 552 g/mol. The van der Waals surface area contributed by atoms with E-state index in [0.29, 0.717) is 45.0 Å². The number of nitrogens with zero attached hydrogens (tertiary/aromatic N) is 3. The highest BCUT2D eigenvalue weighted by molar-refractivity contribution is 5.88. The number of ether oxygens (including phenoxy) is 1. The Labute approximate surface area is 234 Å². The lowest BCUT2D eigenvalue weighted by Crippen LogP contribution is -2.50. The van der Waals surface area contributed by atoms with E-state index in [1.807, 2.05) is 31.2 Å². The molecule has 0 N–H and O–H groups in total. The molecule has 0 spiro atoms. The summed E-state index contributed by atoms with van der Waals surface area (Å²) in [6, 6.07) is 8.10. The molecule has 0 unspecified atom stereocenters. The summed E-state index contributed by atoms with van der Waals surface area (Å²) in [5.41, 5.74) is -3.22. The van der Waals surface area contributed by atoms with Gasteiger partial charge in [0, 0.05) is 39.1 Å². The first-order chi connectivity index (χ1) is 19.0. The van der Waals surface area contributed by atoms with Crippen LogP contribution in [0.25, 0.3) is 0 Å². The summed E-state index contributed by atoms with van der Waals surface area (Å²) < 4.78 is 86.7. The zero-order chi connectivity index (χ0) is 30.3. The second-order valence-electron chi connectivity index (χ2n) is 11.2. The Morgan fingerprint density at radius 1 is 0.829 bits per heavy atom. The number of amides is 3. The number of rotatable bonds is 4. The van der Waals surface area contributed by atoms with Crippen molar-refractivity contribution in [1.82, 2.24) is 14.7 Å². The summed E-state index contributed by atoms with van der Waals surface area (Å²) in [6.45, 7) is 6.67. The zero-order valence-electron chi connectivity index (χ0n) is 23.3. The van der Waals surface area contributed by atoms with E-state index in [2.05, 4.69) is 0 Å². The first-order valence-electron chi connectivity index (χ1n) is 13.3. The van der Waals surface area contributed by atoms with Crippen molar-refractivity contribution in [3.63, 3.8) is 0 Å². The van der Waals surface area contributed by atoms with Crippen LogP contribution in [0.5, 0.6) is 0 Å². The summed E-state index contributed by atoms with van der Waals surface area (Å²) >= 11 is 0. The average Bonchev–Trinajstić information content (AvgIpc) is 3.37. The number of carbonyl (C=O) groups excluding carboxylic acids is 2. The summed E-state index contributed by atoms with van der Waals surface area (Å²) in [7, 11) is 1.48. The molecule has 4 rings (SSSR count). The largest absolute Gasteiger partial charge is 0.416 e. The second-order valence-corrected chi connectivity index (χ2v) is 11.2. The molecule has 224 valence electrons. The molecule has 2 aromatic rings. The van der Waals surface area contributed by atoms with Crippen LogP contribution in [0.3, 0.4) is 0 Å². The molecule has 2 atom stereocenters. The van der Waals surface area contributed by atoms with E-state index in [-0.39, 0.29) is 24.6 Å². The van der Waals surface area contributed by atoms with Crippen molar-refractivity contribution in [2.45, 2.75) is 50.5 Å². The van der Waals surface area contributed by atoms with Gasteiger partial charge in [0.1, 0.15) is 0 Å². The third-order valence-corrected chi connectivity index (χ3v) is 8.01. The maximum atomic E-state index is 13.9. The van der Waals surface area contributed by atoms with Crippen molar-refractivity contribution >= 4 is 11.9 Å². The number of likely N-dealkylation sites (N-methyl/N-ethyl adjacent to an activating group) is 1. The fraction of sp³-hybridized carbons (Fsp3) is 0.517. The number of morpholine rings is 1. The van der Waals surface area contributed by atoms with Crippen molar-refractivity contribution in [1.29, 1.82) is 0 Å². The SMILES string of the molecule is Cc1ccc([C@@H]2CN(C(=O)N3CCOCC3)C[C@H]2N(C)C(=O)C(C)(C)c2cc(C(F)(F)F)cc(C(F)(F)F)c2)cc1. The van der Waals surface area contributed by atoms with Gasteiger partial charge in [-0.2, -0.15) is 26.3 Å². The summed E-state index contributed by atoms with van der Waals surface area (Å²) in [4.78, 5) is 31.9. The zero-order valence-corrected chi connectivity index (χ0v) is 23.3. The van der Waals surface area contributed by atoms with E-state index >= 15 is 0 Å². The van der Waals surface area contributed by atoms with Crippen molar-refractivity contribution in [3.05, 3.63) is 70.3 Å². The lowest BCUT2D eigenvalue weighted by Gasteiger charge is -2.36. The summed E-state index contributed by atoms with van der Waals surface area (Å²) in [5.74, 6) is -0.981. The molecule has 0 radical (unpaired) electrons. The van der Waals surface area contributed by atoms with Gasteiger partial charge in [0.25, 0.3) is 0 Å². The number of urea groups is 1. The first-order valence-corrected chi connectivity index (χ1v) is 13.3. The third kappa shape index (κ3) is 6.47. The average molecular weight is 586 g/mol. The molecule has 0 bridgehead atoms. The van der Waals surface area contributed by atoms with Crippen LogP contribution in [0.15, 0.2) is 42.5 Å². The first kappa shape index (κ1) is 30.7. The number of halogens is 6.